The first-order chi connectivity index (χ1) is 14.9. The van der Waals surface area contributed by atoms with Crippen molar-refractivity contribution in [2.24, 2.45) is 0 Å². The van der Waals surface area contributed by atoms with Gasteiger partial charge in [-0.2, -0.15) is 0 Å². The highest BCUT2D eigenvalue weighted by molar-refractivity contribution is 6.02. The van der Waals surface area contributed by atoms with Gasteiger partial charge in [0.05, 0.1) is 16.9 Å². The maximum atomic E-state index is 14.5. The number of hydrogen-bond donors (Lipinski definition) is 1. The molecular formula is C22H18F4N2O4. The van der Waals surface area contributed by atoms with Crippen LogP contribution < -0.4 is 4.90 Å². The van der Waals surface area contributed by atoms with Crippen molar-refractivity contribution in [3.63, 3.8) is 0 Å². The van der Waals surface area contributed by atoms with E-state index in [1.807, 2.05) is 0 Å². The number of rotatable bonds is 2. The van der Waals surface area contributed by atoms with Gasteiger partial charge in [-0.05, 0) is 51.0 Å². The standard InChI is InChI=1S/C22H18F4N2O4/c1-22(2,3)32-21(31)27-7-6-10-11-8-16(20(29)30)28(14(11)5-4-13(10)27)15-9-12(23)17(24)19(26)18(15)25/h4-5,8-9H,6-7H2,1-3H3,(H,29,30). The van der Waals surface area contributed by atoms with E-state index in [4.69, 9.17) is 4.74 Å². The largest absolute Gasteiger partial charge is 0.477 e. The van der Waals surface area contributed by atoms with Crippen LogP contribution in [0.5, 0.6) is 0 Å². The van der Waals surface area contributed by atoms with Gasteiger partial charge in [0.1, 0.15) is 11.3 Å². The summed E-state index contributed by atoms with van der Waals surface area (Å²) in [7, 11) is 0. The van der Waals surface area contributed by atoms with Crippen LogP contribution in [0.4, 0.5) is 28.0 Å². The molecule has 168 valence electrons. The Morgan fingerprint density at radius 3 is 2.31 bits per heavy atom. The molecule has 0 fully saturated rings. The lowest BCUT2D eigenvalue weighted by Crippen LogP contribution is -2.35. The molecule has 1 N–H and O–H groups in total. The highest BCUT2D eigenvalue weighted by Gasteiger charge is 2.32. The quantitative estimate of drug-likeness (QED) is 0.332. The number of hydrogen-bond acceptors (Lipinski definition) is 3. The molecule has 3 aromatic rings. The van der Waals surface area contributed by atoms with E-state index in [9.17, 15) is 32.3 Å². The number of carbonyl (C=O) groups is 2. The zero-order chi connectivity index (χ0) is 23.5. The first-order valence-corrected chi connectivity index (χ1v) is 9.65. The normalized spacial score (nSPS) is 13.5. The summed E-state index contributed by atoms with van der Waals surface area (Å²) in [5.41, 5.74) is -0.769. The lowest BCUT2D eigenvalue weighted by atomic mass is 10.1. The highest BCUT2D eigenvalue weighted by Crippen LogP contribution is 2.38. The second-order valence-electron chi connectivity index (χ2n) is 8.37. The van der Waals surface area contributed by atoms with Crippen LogP contribution in [0.2, 0.25) is 0 Å². The topological polar surface area (TPSA) is 71.8 Å². The number of aromatic nitrogens is 1. The van der Waals surface area contributed by atoms with Crippen LogP contribution in [0.15, 0.2) is 24.3 Å². The molecule has 1 aromatic heterocycles. The van der Waals surface area contributed by atoms with Crippen molar-refractivity contribution < 1.29 is 37.0 Å². The van der Waals surface area contributed by atoms with Gasteiger partial charge in [-0.25, -0.2) is 27.2 Å². The monoisotopic (exact) mass is 450 g/mol. The summed E-state index contributed by atoms with van der Waals surface area (Å²) in [4.78, 5) is 25.8. The fraction of sp³-hybridized carbons (Fsp3) is 0.273. The average molecular weight is 450 g/mol. The van der Waals surface area contributed by atoms with Crippen molar-refractivity contribution in [2.75, 3.05) is 11.4 Å². The van der Waals surface area contributed by atoms with E-state index in [-0.39, 0.29) is 12.1 Å². The van der Waals surface area contributed by atoms with E-state index in [1.54, 1.807) is 20.8 Å². The number of carbonyl (C=O) groups excluding carboxylic acids is 1. The maximum Gasteiger partial charge on any atom is 0.414 e. The summed E-state index contributed by atoms with van der Waals surface area (Å²) in [6.07, 6.45) is -0.230. The second kappa shape index (κ2) is 7.25. The molecule has 6 nitrogen and oxygen atoms in total. The lowest BCUT2D eigenvalue weighted by molar-refractivity contribution is 0.0583. The number of anilines is 1. The van der Waals surface area contributed by atoms with Crippen LogP contribution in [0.1, 0.15) is 36.8 Å². The molecule has 1 aliphatic rings. The Kier molecular flexibility index (Phi) is 4.91. The molecular weight excluding hydrogens is 432 g/mol. The van der Waals surface area contributed by atoms with E-state index >= 15 is 0 Å². The van der Waals surface area contributed by atoms with E-state index in [1.165, 1.54) is 23.1 Å². The summed E-state index contributed by atoms with van der Waals surface area (Å²) >= 11 is 0. The second-order valence-corrected chi connectivity index (χ2v) is 8.37. The number of aromatic carboxylic acids is 1. The van der Waals surface area contributed by atoms with Crippen molar-refractivity contribution in [1.29, 1.82) is 0 Å². The van der Waals surface area contributed by atoms with Gasteiger partial charge in [-0.15, -0.1) is 0 Å². The van der Waals surface area contributed by atoms with Gasteiger partial charge in [0.2, 0.25) is 0 Å². The molecule has 0 spiro atoms. The first-order valence-electron chi connectivity index (χ1n) is 9.65. The predicted molar refractivity (Wildman–Crippen MR) is 107 cm³/mol. The summed E-state index contributed by atoms with van der Waals surface area (Å²) in [5.74, 6) is -8.90. The fourth-order valence-corrected chi connectivity index (χ4v) is 3.83. The molecule has 4 rings (SSSR count). The van der Waals surface area contributed by atoms with Gasteiger partial charge in [-0.1, -0.05) is 0 Å². The van der Waals surface area contributed by atoms with Gasteiger partial charge in [0.25, 0.3) is 0 Å². The van der Waals surface area contributed by atoms with Crippen molar-refractivity contribution in [3.05, 3.63) is 58.8 Å². The van der Waals surface area contributed by atoms with Crippen molar-refractivity contribution in [3.8, 4) is 5.69 Å². The molecule has 32 heavy (non-hydrogen) atoms. The molecule has 1 amide bonds. The number of halogens is 4. The molecule has 0 aliphatic carbocycles. The van der Waals surface area contributed by atoms with Crippen LogP contribution >= 0.6 is 0 Å². The number of benzene rings is 2. The summed E-state index contributed by atoms with van der Waals surface area (Å²) < 4.78 is 61.9. The minimum absolute atomic E-state index is 0.136. The van der Waals surface area contributed by atoms with Crippen molar-refractivity contribution in [2.45, 2.75) is 32.8 Å². The Morgan fingerprint density at radius 1 is 1.00 bits per heavy atom. The molecule has 0 radical (unpaired) electrons. The third-order valence-corrected chi connectivity index (χ3v) is 5.11. The lowest BCUT2D eigenvalue weighted by Gasteiger charge is -2.24. The fourth-order valence-electron chi connectivity index (χ4n) is 3.83. The van der Waals surface area contributed by atoms with Crippen molar-refractivity contribution >= 4 is 28.7 Å². The molecule has 0 saturated carbocycles. The molecule has 1 aliphatic heterocycles. The predicted octanol–water partition coefficient (Wildman–Crippen LogP) is 5.18. The molecule has 2 aromatic carbocycles. The molecule has 10 heteroatoms. The van der Waals surface area contributed by atoms with Gasteiger partial charge in [-0.3, -0.25) is 4.90 Å². The average Bonchev–Trinajstić information content (AvgIpc) is 3.29. The summed E-state index contributed by atoms with van der Waals surface area (Å²) in [6, 6.07) is 4.56. The minimum atomic E-state index is -2.05. The maximum absolute atomic E-state index is 14.5. The zero-order valence-electron chi connectivity index (χ0n) is 17.3. The zero-order valence-corrected chi connectivity index (χ0v) is 17.3. The van der Waals surface area contributed by atoms with Gasteiger partial charge in [0, 0.05) is 18.0 Å². The summed E-state index contributed by atoms with van der Waals surface area (Å²) in [5, 5.41) is 10.00. The SMILES string of the molecule is CC(C)(C)OC(=O)N1CCc2c1ccc1c2cc(C(=O)O)n1-c1cc(F)c(F)c(F)c1F. The molecule has 2 heterocycles. The number of fused-ring (bicyclic) bond motifs is 3. The number of amides is 1. The highest BCUT2D eigenvalue weighted by atomic mass is 19.2. The Balaban J connectivity index is 1.93. The number of nitrogens with zero attached hydrogens (tertiary/aromatic N) is 2. The summed E-state index contributed by atoms with van der Waals surface area (Å²) in [6.45, 7) is 5.44. The number of carboxylic acids is 1. The van der Waals surface area contributed by atoms with Gasteiger partial charge < -0.3 is 14.4 Å². The molecule has 0 bridgehead atoms. The third-order valence-electron chi connectivity index (χ3n) is 5.11. The first kappa shape index (κ1) is 21.7. The van der Waals surface area contributed by atoms with E-state index in [0.717, 1.165) is 4.57 Å². The van der Waals surface area contributed by atoms with E-state index in [2.05, 4.69) is 0 Å². The van der Waals surface area contributed by atoms with Crippen LogP contribution in [0.3, 0.4) is 0 Å². The Labute approximate surface area is 179 Å². The van der Waals surface area contributed by atoms with E-state index < -0.39 is 52.3 Å². The molecule has 0 atom stereocenters. The molecule has 0 unspecified atom stereocenters. The van der Waals surface area contributed by atoms with Crippen molar-refractivity contribution in [1.82, 2.24) is 4.57 Å². The minimum Gasteiger partial charge on any atom is -0.477 e. The smallest absolute Gasteiger partial charge is 0.414 e. The van der Waals surface area contributed by atoms with Gasteiger partial charge >= 0.3 is 12.1 Å². The number of carboxylic acid groups (broad SMARTS) is 1. The number of ether oxygens (including phenoxy) is 1. The Bertz CT molecular complexity index is 1290. The Morgan fingerprint density at radius 2 is 1.69 bits per heavy atom. The Hall–Kier alpha value is -3.56. The van der Waals surface area contributed by atoms with Crippen LogP contribution in [-0.4, -0.2) is 33.9 Å². The van der Waals surface area contributed by atoms with Crippen LogP contribution in [-0.2, 0) is 11.2 Å². The van der Waals surface area contributed by atoms with Gasteiger partial charge in [0.15, 0.2) is 23.3 Å². The van der Waals surface area contributed by atoms with Crippen LogP contribution in [0, 0.1) is 23.3 Å². The van der Waals surface area contributed by atoms with E-state index in [0.29, 0.717) is 29.1 Å². The van der Waals surface area contributed by atoms with Crippen LogP contribution in [0.25, 0.3) is 16.6 Å². The molecule has 0 saturated heterocycles. The third kappa shape index (κ3) is 3.35.